The first-order chi connectivity index (χ1) is 9.77. The molecule has 1 aromatic rings. The second-order valence-corrected chi connectivity index (χ2v) is 7.51. The fourth-order valence-electron chi connectivity index (χ4n) is 2.50. The molecule has 0 spiro atoms. The highest BCUT2D eigenvalue weighted by molar-refractivity contribution is 7.90. The van der Waals surface area contributed by atoms with Gasteiger partial charge in [0.25, 0.3) is 5.91 Å². The molecule has 0 saturated heterocycles. The van der Waals surface area contributed by atoms with Crippen LogP contribution in [0.25, 0.3) is 0 Å². The van der Waals surface area contributed by atoms with Crippen molar-refractivity contribution in [2.45, 2.75) is 42.7 Å². The summed E-state index contributed by atoms with van der Waals surface area (Å²) in [7, 11) is -3.43. The summed E-state index contributed by atoms with van der Waals surface area (Å²) < 4.78 is 23.1. The van der Waals surface area contributed by atoms with Gasteiger partial charge in [-0.1, -0.05) is 12.8 Å². The average Bonchev–Trinajstić information content (AvgIpc) is 2.39. The number of carbonyl (C=O) groups is 1. The van der Waals surface area contributed by atoms with Crippen molar-refractivity contribution in [3.05, 3.63) is 23.8 Å². The van der Waals surface area contributed by atoms with Crippen LogP contribution in [0.1, 0.15) is 36.0 Å². The molecule has 116 valence electrons. The van der Waals surface area contributed by atoms with Gasteiger partial charge in [-0.2, -0.15) is 0 Å². The lowest BCUT2D eigenvalue weighted by molar-refractivity contribution is 0.0717. The van der Waals surface area contributed by atoms with E-state index in [0.717, 1.165) is 19.1 Å². The fourth-order valence-corrected chi connectivity index (χ4v) is 3.19. The Morgan fingerprint density at radius 2 is 1.95 bits per heavy atom. The molecule has 21 heavy (non-hydrogen) atoms. The van der Waals surface area contributed by atoms with Gasteiger partial charge in [0, 0.05) is 17.5 Å². The Bertz CT molecular complexity index is 642. The minimum Gasteiger partial charge on any atom is -0.399 e. The van der Waals surface area contributed by atoms with Crippen molar-refractivity contribution in [2.24, 2.45) is 0 Å². The lowest BCUT2D eigenvalue weighted by Gasteiger charge is -2.28. The number of aliphatic hydroxyl groups is 1. The van der Waals surface area contributed by atoms with Crippen molar-refractivity contribution < 1.29 is 18.3 Å². The first-order valence-electron chi connectivity index (χ1n) is 6.87. The smallest absolute Gasteiger partial charge is 0.251 e. The van der Waals surface area contributed by atoms with Gasteiger partial charge < -0.3 is 16.2 Å². The molecule has 1 fully saturated rings. The molecular weight excluding hydrogens is 292 g/mol. The third-order valence-electron chi connectivity index (χ3n) is 3.67. The molecule has 1 aliphatic rings. The minimum absolute atomic E-state index is 0.0110. The zero-order chi connectivity index (χ0) is 15.6. The van der Waals surface area contributed by atoms with Crippen LogP contribution in [0, 0.1) is 0 Å². The van der Waals surface area contributed by atoms with Gasteiger partial charge in [-0.25, -0.2) is 8.42 Å². The van der Waals surface area contributed by atoms with Crippen molar-refractivity contribution in [2.75, 3.05) is 12.0 Å². The van der Waals surface area contributed by atoms with Gasteiger partial charge in [-0.05, 0) is 31.0 Å². The number of nitrogens with two attached hydrogens (primary N) is 1. The van der Waals surface area contributed by atoms with Crippen LogP contribution in [0.4, 0.5) is 5.69 Å². The Balaban J connectivity index is 2.21. The number of nitrogens with one attached hydrogen (secondary N) is 1. The monoisotopic (exact) mass is 312 g/mol. The number of nitrogen functional groups attached to an aromatic ring is 1. The molecule has 2 rings (SSSR count). The quantitative estimate of drug-likeness (QED) is 0.712. The predicted octanol–water partition coefficient (Wildman–Crippen LogP) is 0.706. The van der Waals surface area contributed by atoms with Crippen LogP contribution < -0.4 is 11.1 Å². The molecule has 0 aliphatic heterocycles. The number of rotatable bonds is 3. The Hall–Kier alpha value is -1.60. The van der Waals surface area contributed by atoms with Crippen molar-refractivity contribution in [1.29, 1.82) is 0 Å². The molecule has 6 nitrogen and oxygen atoms in total. The highest BCUT2D eigenvalue weighted by Gasteiger charge is 2.25. The Morgan fingerprint density at radius 1 is 1.29 bits per heavy atom. The maximum absolute atomic E-state index is 12.2. The third-order valence-corrected chi connectivity index (χ3v) is 4.76. The summed E-state index contributed by atoms with van der Waals surface area (Å²) >= 11 is 0. The molecule has 1 saturated carbocycles. The number of anilines is 1. The van der Waals surface area contributed by atoms with Gasteiger partial charge in [0.1, 0.15) is 0 Å². The van der Waals surface area contributed by atoms with E-state index < -0.39 is 21.8 Å². The van der Waals surface area contributed by atoms with Crippen LogP contribution in [0.3, 0.4) is 0 Å². The van der Waals surface area contributed by atoms with Gasteiger partial charge in [0.05, 0.1) is 17.0 Å². The van der Waals surface area contributed by atoms with Crippen LogP contribution in [-0.4, -0.2) is 37.8 Å². The lowest BCUT2D eigenvalue weighted by atomic mass is 9.92. The molecule has 0 bridgehead atoms. The molecule has 0 radical (unpaired) electrons. The number of carbonyl (C=O) groups excluding carboxylic acids is 1. The molecule has 1 aliphatic carbocycles. The maximum atomic E-state index is 12.2. The van der Waals surface area contributed by atoms with Crippen LogP contribution in [-0.2, 0) is 9.84 Å². The van der Waals surface area contributed by atoms with Crippen LogP contribution >= 0.6 is 0 Å². The summed E-state index contributed by atoms with van der Waals surface area (Å²) in [6.45, 7) is 0. The summed E-state index contributed by atoms with van der Waals surface area (Å²) in [4.78, 5) is 12.2. The van der Waals surface area contributed by atoms with Gasteiger partial charge in [-0.3, -0.25) is 4.79 Å². The summed E-state index contributed by atoms with van der Waals surface area (Å²) in [5.41, 5.74) is 6.06. The van der Waals surface area contributed by atoms with Crippen molar-refractivity contribution >= 4 is 21.4 Å². The number of aliphatic hydroxyl groups excluding tert-OH is 1. The minimum atomic E-state index is -3.43. The SMILES string of the molecule is CS(=O)(=O)c1cc(N)cc(C(=O)N[C@H]2CCCC[C@@H]2O)c1. The molecule has 0 aromatic heterocycles. The Morgan fingerprint density at radius 3 is 2.57 bits per heavy atom. The molecule has 7 heteroatoms. The summed E-state index contributed by atoms with van der Waals surface area (Å²) in [5, 5.41) is 12.6. The zero-order valence-corrected chi connectivity index (χ0v) is 12.7. The van der Waals surface area contributed by atoms with Crippen molar-refractivity contribution in [3.63, 3.8) is 0 Å². The lowest BCUT2D eigenvalue weighted by Crippen LogP contribution is -2.45. The highest BCUT2D eigenvalue weighted by atomic mass is 32.2. The van der Waals surface area contributed by atoms with Gasteiger partial charge in [0.15, 0.2) is 9.84 Å². The van der Waals surface area contributed by atoms with E-state index in [9.17, 15) is 18.3 Å². The van der Waals surface area contributed by atoms with Crippen molar-refractivity contribution in [1.82, 2.24) is 5.32 Å². The van der Waals surface area contributed by atoms with E-state index in [2.05, 4.69) is 5.32 Å². The van der Waals surface area contributed by atoms with E-state index in [1.165, 1.54) is 18.2 Å². The summed E-state index contributed by atoms with van der Waals surface area (Å²) in [5.74, 6) is -0.418. The second-order valence-electron chi connectivity index (χ2n) is 5.49. The largest absolute Gasteiger partial charge is 0.399 e. The molecule has 0 unspecified atom stereocenters. The number of hydrogen-bond acceptors (Lipinski definition) is 5. The molecule has 1 aromatic carbocycles. The van der Waals surface area contributed by atoms with Crippen LogP contribution in [0.2, 0.25) is 0 Å². The molecule has 2 atom stereocenters. The number of benzene rings is 1. The van der Waals surface area contributed by atoms with E-state index >= 15 is 0 Å². The van der Waals surface area contributed by atoms with Gasteiger partial charge in [-0.15, -0.1) is 0 Å². The van der Waals surface area contributed by atoms with Gasteiger partial charge >= 0.3 is 0 Å². The number of amides is 1. The van der Waals surface area contributed by atoms with E-state index in [1.807, 2.05) is 0 Å². The van der Waals surface area contributed by atoms with Crippen LogP contribution in [0.5, 0.6) is 0 Å². The van der Waals surface area contributed by atoms with E-state index in [-0.39, 0.29) is 22.2 Å². The van der Waals surface area contributed by atoms with Crippen LogP contribution in [0.15, 0.2) is 23.1 Å². The Labute approximate surface area is 124 Å². The first-order valence-corrected chi connectivity index (χ1v) is 8.76. The number of hydrogen-bond donors (Lipinski definition) is 3. The zero-order valence-electron chi connectivity index (χ0n) is 11.9. The van der Waals surface area contributed by atoms with E-state index in [1.54, 1.807) is 0 Å². The summed E-state index contributed by atoms with van der Waals surface area (Å²) in [6.07, 6.45) is 3.79. The van der Waals surface area contributed by atoms with Gasteiger partial charge in [0.2, 0.25) is 0 Å². The first kappa shape index (κ1) is 15.8. The highest BCUT2D eigenvalue weighted by Crippen LogP contribution is 2.20. The fraction of sp³-hybridized carbons (Fsp3) is 0.500. The Kier molecular flexibility index (Phi) is 4.53. The molecule has 0 heterocycles. The number of sulfone groups is 1. The topological polar surface area (TPSA) is 109 Å². The molecule has 4 N–H and O–H groups in total. The van der Waals surface area contributed by atoms with E-state index in [4.69, 9.17) is 5.73 Å². The second kappa shape index (κ2) is 6.03. The normalized spacial score (nSPS) is 22.8. The standard InChI is InChI=1S/C14H20N2O4S/c1-21(19,20)11-7-9(6-10(15)8-11)14(18)16-12-4-2-3-5-13(12)17/h6-8,12-13,17H,2-5,15H2,1H3,(H,16,18)/t12-,13-/m0/s1. The molecule has 1 amide bonds. The van der Waals surface area contributed by atoms with E-state index in [0.29, 0.717) is 12.8 Å². The average molecular weight is 312 g/mol. The van der Waals surface area contributed by atoms with Crippen molar-refractivity contribution in [3.8, 4) is 0 Å². The third kappa shape index (κ3) is 3.95. The molecular formula is C14H20N2O4S. The predicted molar refractivity (Wildman–Crippen MR) is 79.7 cm³/mol. The maximum Gasteiger partial charge on any atom is 0.251 e. The summed E-state index contributed by atoms with van der Waals surface area (Å²) in [6, 6.07) is 3.76.